The van der Waals surface area contributed by atoms with Crippen LogP contribution in [0.2, 0.25) is 0 Å². The lowest BCUT2D eigenvalue weighted by molar-refractivity contribution is -0.116. The number of rotatable bonds is 8. The van der Waals surface area contributed by atoms with Crippen molar-refractivity contribution in [3.8, 4) is 17.2 Å². The smallest absolute Gasteiger partial charge is 0.277 e. The predicted molar refractivity (Wildman–Crippen MR) is 121 cm³/mol. The molecule has 0 saturated heterocycles. The standard InChI is InChI=1S/C24H22N4O4/c1-2-31-18-11-13-20(14-12-18)32-19-9-7-17(8-10-19)25-23(29)15-16-28-24(30)21-5-3-4-6-22(21)26-27-28/h3-14H,2,15-16H2,1H3,(H,25,29). The molecule has 8 heteroatoms. The van der Waals surface area contributed by atoms with Gasteiger partial charge in [-0.25, -0.2) is 4.68 Å². The van der Waals surface area contributed by atoms with Gasteiger partial charge in [0.05, 0.1) is 18.5 Å². The number of aromatic nitrogens is 3. The minimum Gasteiger partial charge on any atom is -0.494 e. The van der Waals surface area contributed by atoms with Gasteiger partial charge in [-0.3, -0.25) is 9.59 Å². The fourth-order valence-electron chi connectivity index (χ4n) is 3.11. The molecule has 0 saturated carbocycles. The number of carbonyl (C=O) groups is 1. The second-order valence-corrected chi connectivity index (χ2v) is 6.96. The fraction of sp³-hybridized carbons (Fsp3) is 0.167. The molecule has 4 aromatic rings. The van der Waals surface area contributed by atoms with Crippen LogP contribution in [0.25, 0.3) is 10.9 Å². The number of benzene rings is 3. The summed E-state index contributed by atoms with van der Waals surface area (Å²) < 4.78 is 12.4. The third kappa shape index (κ3) is 5.10. The molecule has 1 aromatic heterocycles. The highest BCUT2D eigenvalue weighted by Gasteiger charge is 2.08. The zero-order valence-corrected chi connectivity index (χ0v) is 17.5. The molecule has 0 unspecified atom stereocenters. The van der Waals surface area contributed by atoms with Gasteiger partial charge in [-0.2, -0.15) is 0 Å². The van der Waals surface area contributed by atoms with E-state index in [9.17, 15) is 9.59 Å². The SMILES string of the molecule is CCOc1ccc(Oc2ccc(NC(=O)CCn3nnc4ccccc4c3=O)cc2)cc1. The number of ether oxygens (including phenoxy) is 2. The number of fused-ring (bicyclic) bond motifs is 1. The van der Waals surface area contributed by atoms with Crippen LogP contribution in [-0.2, 0) is 11.3 Å². The first kappa shape index (κ1) is 21.0. The summed E-state index contributed by atoms with van der Waals surface area (Å²) in [5.41, 5.74) is 0.899. The molecular formula is C24H22N4O4. The largest absolute Gasteiger partial charge is 0.494 e. The summed E-state index contributed by atoms with van der Waals surface area (Å²) in [7, 11) is 0. The molecule has 162 valence electrons. The van der Waals surface area contributed by atoms with Crippen molar-refractivity contribution < 1.29 is 14.3 Å². The van der Waals surface area contributed by atoms with Gasteiger partial charge in [0, 0.05) is 12.1 Å². The van der Waals surface area contributed by atoms with Crippen molar-refractivity contribution in [2.45, 2.75) is 19.9 Å². The summed E-state index contributed by atoms with van der Waals surface area (Å²) >= 11 is 0. The van der Waals surface area contributed by atoms with Crippen LogP contribution >= 0.6 is 0 Å². The van der Waals surface area contributed by atoms with E-state index in [1.54, 1.807) is 48.5 Å². The van der Waals surface area contributed by atoms with Crippen LogP contribution in [0.5, 0.6) is 17.2 Å². The van der Waals surface area contributed by atoms with Gasteiger partial charge < -0.3 is 14.8 Å². The lowest BCUT2D eigenvalue weighted by atomic mass is 10.2. The average molecular weight is 430 g/mol. The van der Waals surface area contributed by atoms with Crippen LogP contribution in [0.1, 0.15) is 13.3 Å². The maximum Gasteiger partial charge on any atom is 0.277 e. The molecule has 0 atom stereocenters. The lowest BCUT2D eigenvalue weighted by Crippen LogP contribution is -2.26. The zero-order valence-electron chi connectivity index (χ0n) is 17.5. The highest BCUT2D eigenvalue weighted by molar-refractivity contribution is 5.90. The molecule has 8 nitrogen and oxygen atoms in total. The van der Waals surface area contributed by atoms with Crippen LogP contribution in [0.15, 0.2) is 77.6 Å². The number of anilines is 1. The second-order valence-electron chi connectivity index (χ2n) is 6.96. The Labute approximate surface area is 184 Å². The van der Waals surface area contributed by atoms with E-state index < -0.39 is 0 Å². The monoisotopic (exact) mass is 430 g/mol. The van der Waals surface area contributed by atoms with Gasteiger partial charge in [0.2, 0.25) is 5.91 Å². The van der Waals surface area contributed by atoms with Crippen LogP contribution in [-0.4, -0.2) is 27.5 Å². The number of hydrogen-bond acceptors (Lipinski definition) is 6. The van der Waals surface area contributed by atoms with Gasteiger partial charge in [0.1, 0.15) is 22.8 Å². The molecule has 4 rings (SSSR count). The Morgan fingerprint density at radius 1 is 0.938 bits per heavy atom. The lowest BCUT2D eigenvalue weighted by Gasteiger charge is -2.09. The summed E-state index contributed by atoms with van der Waals surface area (Å²) in [6.45, 7) is 2.68. The Morgan fingerprint density at radius 2 is 1.59 bits per heavy atom. The summed E-state index contributed by atoms with van der Waals surface area (Å²) in [6.07, 6.45) is 0.0946. The molecule has 32 heavy (non-hydrogen) atoms. The van der Waals surface area contributed by atoms with Crippen molar-refractivity contribution in [3.05, 3.63) is 83.2 Å². The molecule has 3 aromatic carbocycles. The Bertz CT molecular complexity index is 1270. The summed E-state index contributed by atoms with van der Waals surface area (Å²) in [5.74, 6) is 1.89. The highest BCUT2D eigenvalue weighted by atomic mass is 16.5. The highest BCUT2D eigenvalue weighted by Crippen LogP contribution is 2.25. The van der Waals surface area contributed by atoms with Crippen molar-refractivity contribution in [1.82, 2.24) is 15.0 Å². The van der Waals surface area contributed by atoms with Gasteiger partial charge in [-0.05, 0) is 67.6 Å². The van der Waals surface area contributed by atoms with Crippen molar-refractivity contribution >= 4 is 22.5 Å². The molecular weight excluding hydrogens is 408 g/mol. The van der Waals surface area contributed by atoms with Gasteiger partial charge in [-0.1, -0.05) is 17.3 Å². The van der Waals surface area contributed by atoms with Gasteiger partial charge >= 0.3 is 0 Å². The van der Waals surface area contributed by atoms with Crippen LogP contribution < -0.4 is 20.3 Å². The first-order valence-electron chi connectivity index (χ1n) is 10.3. The summed E-state index contributed by atoms with van der Waals surface area (Å²) in [6, 6.07) is 21.4. The van der Waals surface area contributed by atoms with Crippen LogP contribution in [0.3, 0.4) is 0 Å². The number of carbonyl (C=O) groups excluding carboxylic acids is 1. The Balaban J connectivity index is 1.32. The van der Waals surface area contributed by atoms with Crippen LogP contribution in [0, 0.1) is 0 Å². The quantitative estimate of drug-likeness (QED) is 0.454. The molecule has 0 fully saturated rings. The molecule has 1 heterocycles. The third-order valence-electron chi connectivity index (χ3n) is 4.69. The minimum atomic E-state index is -0.265. The molecule has 1 amide bonds. The fourth-order valence-corrected chi connectivity index (χ4v) is 3.11. The summed E-state index contributed by atoms with van der Waals surface area (Å²) in [5, 5.41) is 11.2. The first-order valence-corrected chi connectivity index (χ1v) is 10.3. The maximum absolute atomic E-state index is 12.4. The number of nitrogens with zero attached hydrogens (tertiary/aromatic N) is 3. The van der Waals surface area contributed by atoms with Crippen LogP contribution in [0.4, 0.5) is 5.69 Å². The minimum absolute atomic E-state index is 0.0946. The number of aryl methyl sites for hydroxylation is 1. The molecule has 0 bridgehead atoms. The Kier molecular flexibility index (Phi) is 6.41. The second kappa shape index (κ2) is 9.74. The number of nitrogens with one attached hydrogen (secondary N) is 1. The molecule has 0 spiro atoms. The van der Waals surface area contributed by atoms with E-state index in [0.29, 0.717) is 34.7 Å². The van der Waals surface area contributed by atoms with E-state index in [-0.39, 0.29) is 24.4 Å². The van der Waals surface area contributed by atoms with Gasteiger partial charge in [0.15, 0.2) is 0 Å². The normalized spacial score (nSPS) is 10.7. The molecule has 0 aliphatic rings. The molecule has 0 aliphatic heterocycles. The number of amides is 1. The van der Waals surface area contributed by atoms with Crippen molar-refractivity contribution in [2.75, 3.05) is 11.9 Å². The third-order valence-corrected chi connectivity index (χ3v) is 4.69. The average Bonchev–Trinajstić information content (AvgIpc) is 2.81. The molecule has 0 radical (unpaired) electrons. The van der Waals surface area contributed by atoms with E-state index in [2.05, 4.69) is 15.6 Å². The Hall–Kier alpha value is -4.20. The van der Waals surface area contributed by atoms with Gasteiger partial charge in [0.25, 0.3) is 5.56 Å². The van der Waals surface area contributed by atoms with Gasteiger partial charge in [-0.15, -0.1) is 5.10 Å². The van der Waals surface area contributed by atoms with Crippen molar-refractivity contribution in [3.63, 3.8) is 0 Å². The predicted octanol–water partition coefficient (Wildman–Crippen LogP) is 4.01. The maximum atomic E-state index is 12.4. The van der Waals surface area contributed by atoms with Crippen molar-refractivity contribution in [1.29, 1.82) is 0 Å². The Morgan fingerprint density at radius 3 is 2.31 bits per heavy atom. The van der Waals surface area contributed by atoms with Crippen molar-refractivity contribution in [2.24, 2.45) is 0 Å². The van der Waals surface area contributed by atoms with E-state index in [0.717, 1.165) is 5.75 Å². The summed E-state index contributed by atoms with van der Waals surface area (Å²) in [4.78, 5) is 24.7. The first-order chi connectivity index (χ1) is 15.6. The van der Waals surface area contributed by atoms with E-state index in [4.69, 9.17) is 9.47 Å². The zero-order chi connectivity index (χ0) is 22.3. The molecule has 0 aliphatic carbocycles. The van der Waals surface area contributed by atoms with E-state index in [1.165, 1.54) is 4.68 Å². The van der Waals surface area contributed by atoms with E-state index >= 15 is 0 Å². The van der Waals surface area contributed by atoms with E-state index in [1.807, 2.05) is 31.2 Å². The molecule has 1 N–H and O–H groups in total. The number of hydrogen-bond donors (Lipinski definition) is 1. The topological polar surface area (TPSA) is 95.3 Å².